The summed E-state index contributed by atoms with van der Waals surface area (Å²) in [6, 6.07) is 11.6. The summed E-state index contributed by atoms with van der Waals surface area (Å²) in [6.45, 7) is 3.84. The first-order chi connectivity index (χ1) is 13.4. The van der Waals surface area contributed by atoms with Gasteiger partial charge in [0, 0.05) is 12.6 Å². The van der Waals surface area contributed by atoms with Crippen LogP contribution in [0.5, 0.6) is 0 Å². The minimum atomic E-state index is -0.478. The largest absolute Gasteiger partial charge is 0.416 e. The molecule has 146 valence electrons. The molecule has 0 aliphatic rings. The van der Waals surface area contributed by atoms with E-state index in [0.717, 1.165) is 0 Å². The highest BCUT2D eigenvalue weighted by Crippen LogP contribution is 2.27. The van der Waals surface area contributed by atoms with Gasteiger partial charge >= 0.3 is 0 Å². The summed E-state index contributed by atoms with van der Waals surface area (Å²) >= 11 is 13.0. The van der Waals surface area contributed by atoms with E-state index in [1.165, 1.54) is 29.6 Å². The zero-order valence-electron chi connectivity index (χ0n) is 15.2. The Hall–Kier alpha value is -2.09. The molecule has 2 atom stereocenters. The normalized spacial score (nSPS) is 13.1. The van der Waals surface area contributed by atoms with Crippen molar-refractivity contribution in [2.45, 2.75) is 36.7 Å². The summed E-state index contributed by atoms with van der Waals surface area (Å²) < 4.78 is 5.69. The quantitative estimate of drug-likeness (QED) is 0.510. The standard InChI is InChI=1S/C19H18Cl2N4O2S/c1-11(13-6-4-3-5-7-13)8-16-24-25-19(27-16)28-12(2)18(26)23-17-15(21)9-14(20)10-22-17/h3-7,9-12H,8H2,1-2H3,(H,22,23,26). The number of aromatic nitrogens is 3. The Labute approximate surface area is 177 Å². The number of benzene rings is 1. The zero-order chi connectivity index (χ0) is 20.1. The third-order valence-electron chi connectivity index (χ3n) is 3.99. The summed E-state index contributed by atoms with van der Waals surface area (Å²) in [5, 5.41) is 11.3. The topological polar surface area (TPSA) is 80.9 Å². The number of hydrogen-bond donors (Lipinski definition) is 1. The number of nitrogens with zero attached hydrogens (tertiary/aromatic N) is 3. The van der Waals surface area contributed by atoms with Crippen LogP contribution < -0.4 is 5.32 Å². The van der Waals surface area contributed by atoms with Crippen LogP contribution in [0.2, 0.25) is 10.0 Å². The van der Waals surface area contributed by atoms with Gasteiger partial charge in [0.2, 0.25) is 11.8 Å². The highest BCUT2D eigenvalue weighted by atomic mass is 35.5. The molecule has 0 aliphatic carbocycles. The molecule has 9 heteroatoms. The van der Waals surface area contributed by atoms with Crippen molar-refractivity contribution in [1.82, 2.24) is 15.2 Å². The summed E-state index contributed by atoms with van der Waals surface area (Å²) in [6.07, 6.45) is 2.04. The lowest BCUT2D eigenvalue weighted by atomic mass is 9.98. The minimum Gasteiger partial charge on any atom is -0.416 e. The second kappa shape index (κ2) is 9.41. The van der Waals surface area contributed by atoms with E-state index >= 15 is 0 Å². The number of thioether (sulfide) groups is 1. The molecule has 0 bridgehead atoms. The van der Waals surface area contributed by atoms with Gasteiger partial charge < -0.3 is 9.73 Å². The van der Waals surface area contributed by atoms with Gasteiger partial charge in [-0.2, -0.15) is 0 Å². The van der Waals surface area contributed by atoms with Gasteiger partial charge in [-0.25, -0.2) is 4.98 Å². The van der Waals surface area contributed by atoms with Gasteiger partial charge in [-0.15, -0.1) is 10.2 Å². The summed E-state index contributed by atoms with van der Waals surface area (Å²) in [4.78, 5) is 16.4. The first kappa shape index (κ1) is 20.6. The highest BCUT2D eigenvalue weighted by molar-refractivity contribution is 8.00. The number of amides is 1. The van der Waals surface area contributed by atoms with Crippen molar-refractivity contribution in [3.05, 3.63) is 64.1 Å². The van der Waals surface area contributed by atoms with Gasteiger partial charge in [0.25, 0.3) is 5.22 Å². The van der Waals surface area contributed by atoms with Crippen LogP contribution in [0.3, 0.4) is 0 Å². The van der Waals surface area contributed by atoms with Crippen molar-refractivity contribution >= 4 is 46.7 Å². The van der Waals surface area contributed by atoms with Crippen LogP contribution in [0.4, 0.5) is 5.82 Å². The van der Waals surface area contributed by atoms with E-state index in [1.807, 2.05) is 18.2 Å². The van der Waals surface area contributed by atoms with Gasteiger partial charge in [0.15, 0.2) is 5.82 Å². The van der Waals surface area contributed by atoms with Crippen molar-refractivity contribution in [3.8, 4) is 0 Å². The maximum atomic E-state index is 12.4. The molecule has 2 unspecified atom stereocenters. The van der Waals surface area contributed by atoms with Crippen molar-refractivity contribution in [2.75, 3.05) is 5.32 Å². The third kappa shape index (κ3) is 5.47. The highest BCUT2D eigenvalue weighted by Gasteiger charge is 2.20. The molecule has 2 heterocycles. The number of nitrogens with one attached hydrogen (secondary N) is 1. The van der Waals surface area contributed by atoms with E-state index in [2.05, 4.69) is 39.6 Å². The molecule has 1 amide bonds. The van der Waals surface area contributed by atoms with Crippen molar-refractivity contribution in [2.24, 2.45) is 0 Å². The first-order valence-electron chi connectivity index (χ1n) is 8.58. The fourth-order valence-corrected chi connectivity index (χ4v) is 3.59. The molecule has 6 nitrogen and oxygen atoms in total. The Morgan fingerprint density at radius 3 is 2.68 bits per heavy atom. The van der Waals surface area contributed by atoms with Gasteiger partial charge in [0.05, 0.1) is 15.3 Å². The third-order valence-corrected chi connectivity index (χ3v) is 5.42. The van der Waals surface area contributed by atoms with E-state index in [0.29, 0.717) is 22.6 Å². The number of carbonyl (C=O) groups is 1. The van der Waals surface area contributed by atoms with Crippen LogP contribution in [0.15, 0.2) is 52.2 Å². The molecule has 0 fully saturated rings. The molecule has 0 saturated carbocycles. The second-order valence-electron chi connectivity index (χ2n) is 6.21. The SMILES string of the molecule is CC(Sc1nnc(CC(C)c2ccccc2)o1)C(=O)Nc1ncc(Cl)cc1Cl. The Bertz CT molecular complexity index is 952. The van der Waals surface area contributed by atoms with E-state index in [4.69, 9.17) is 27.6 Å². The Morgan fingerprint density at radius 2 is 1.96 bits per heavy atom. The molecule has 3 rings (SSSR count). The van der Waals surface area contributed by atoms with Crippen LogP contribution >= 0.6 is 35.0 Å². The van der Waals surface area contributed by atoms with Gasteiger partial charge in [-0.3, -0.25) is 4.79 Å². The van der Waals surface area contributed by atoms with Crippen LogP contribution in [0, 0.1) is 0 Å². The summed E-state index contributed by atoms with van der Waals surface area (Å²) in [7, 11) is 0. The Kier molecular flexibility index (Phi) is 6.93. The molecule has 2 aromatic heterocycles. The van der Waals surface area contributed by atoms with Crippen molar-refractivity contribution in [3.63, 3.8) is 0 Å². The molecular weight excluding hydrogens is 419 g/mol. The fourth-order valence-electron chi connectivity index (χ4n) is 2.46. The van der Waals surface area contributed by atoms with Gasteiger partial charge in [0.1, 0.15) is 0 Å². The number of hydrogen-bond acceptors (Lipinski definition) is 6. The maximum absolute atomic E-state index is 12.4. The lowest BCUT2D eigenvalue weighted by Crippen LogP contribution is -2.23. The Morgan fingerprint density at radius 1 is 1.21 bits per heavy atom. The number of rotatable bonds is 7. The van der Waals surface area contributed by atoms with Crippen molar-refractivity contribution in [1.29, 1.82) is 0 Å². The average molecular weight is 437 g/mol. The molecule has 0 saturated heterocycles. The van der Waals surface area contributed by atoms with Crippen molar-refractivity contribution < 1.29 is 9.21 Å². The monoisotopic (exact) mass is 436 g/mol. The molecule has 3 aromatic rings. The van der Waals surface area contributed by atoms with E-state index in [9.17, 15) is 4.79 Å². The molecule has 1 N–H and O–H groups in total. The predicted octanol–water partition coefficient (Wildman–Crippen LogP) is 5.24. The maximum Gasteiger partial charge on any atom is 0.277 e. The molecule has 0 radical (unpaired) electrons. The van der Waals surface area contributed by atoms with E-state index in [1.54, 1.807) is 6.92 Å². The smallest absolute Gasteiger partial charge is 0.277 e. The van der Waals surface area contributed by atoms with Crippen LogP contribution in [-0.2, 0) is 11.2 Å². The number of pyridine rings is 1. The summed E-state index contributed by atoms with van der Waals surface area (Å²) in [5.41, 5.74) is 1.20. The fraction of sp³-hybridized carbons (Fsp3) is 0.263. The number of carbonyl (C=O) groups excluding carboxylic acids is 1. The lowest BCUT2D eigenvalue weighted by molar-refractivity contribution is -0.115. The Balaban J connectivity index is 1.57. The average Bonchev–Trinajstić information content (AvgIpc) is 3.11. The predicted molar refractivity (Wildman–Crippen MR) is 111 cm³/mol. The lowest BCUT2D eigenvalue weighted by Gasteiger charge is -2.10. The molecule has 0 aliphatic heterocycles. The second-order valence-corrected chi connectivity index (χ2v) is 8.35. The number of anilines is 1. The molecule has 28 heavy (non-hydrogen) atoms. The number of halogens is 2. The van der Waals surface area contributed by atoms with E-state index in [-0.39, 0.29) is 22.7 Å². The molecule has 1 aromatic carbocycles. The van der Waals surface area contributed by atoms with Crippen LogP contribution in [0.25, 0.3) is 0 Å². The van der Waals surface area contributed by atoms with Gasteiger partial charge in [-0.1, -0.05) is 72.2 Å². The zero-order valence-corrected chi connectivity index (χ0v) is 17.6. The van der Waals surface area contributed by atoms with Crippen LogP contribution in [0.1, 0.15) is 31.2 Å². The summed E-state index contributed by atoms with van der Waals surface area (Å²) in [5.74, 6) is 0.762. The van der Waals surface area contributed by atoms with Gasteiger partial charge in [-0.05, 0) is 24.5 Å². The van der Waals surface area contributed by atoms with E-state index < -0.39 is 5.25 Å². The molecular formula is C19H18Cl2N4O2S. The van der Waals surface area contributed by atoms with Crippen LogP contribution in [-0.4, -0.2) is 26.3 Å². The first-order valence-corrected chi connectivity index (χ1v) is 10.2. The molecule has 0 spiro atoms. The minimum absolute atomic E-state index is 0.248.